The number of ether oxygens (including phenoxy) is 1. The molecule has 0 fully saturated rings. The van der Waals surface area contributed by atoms with E-state index in [1.165, 1.54) is 4.88 Å². The van der Waals surface area contributed by atoms with Crippen LogP contribution in [0.3, 0.4) is 0 Å². The van der Waals surface area contributed by atoms with Crippen molar-refractivity contribution < 1.29 is 9.53 Å². The van der Waals surface area contributed by atoms with Gasteiger partial charge in [0.2, 0.25) is 0 Å². The fourth-order valence-corrected chi connectivity index (χ4v) is 4.71. The van der Waals surface area contributed by atoms with Crippen LogP contribution < -0.4 is 0 Å². The van der Waals surface area contributed by atoms with Crippen LogP contribution in [0.1, 0.15) is 39.1 Å². The maximum Gasteiger partial charge on any atom is 0.185 e. The largest absolute Gasteiger partial charge is 0.378 e. The number of thiophene rings is 1. The van der Waals surface area contributed by atoms with E-state index in [1.807, 2.05) is 41.8 Å². The van der Waals surface area contributed by atoms with Gasteiger partial charge in [-0.25, -0.2) is 4.52 Å². The maximum absolute atomic E-state index is 12.8. The fourth-order valence-electron chi connectivity index (χ4n) is 3.88. The molecule has 3 aromatic heterocycles. The summed E-state index contributed by atoms with van der Waals surface area (Å²) < 4.78 is 7.18. The molecule has 0 bridgehead atoms. The van der Waals surface area contributed by atoms with E-state index in [4.69, 9.17) is 9.84 Å². The number of methoxy groups -OCH3 is 1. The smallest absolute Gasteiger partial charge is 0.185 e. The molecule has 28 heavy (non-hydrogen) atoms. The summed E-state index contributed by atoms with van der Waals surface area (Å²) in [5.74, 6) is 0.182. The zero-order valence-electron chi connectivity index (χ0n) is 15.3. The first-order chi connectivity index (χ1) is 13.8. The van der Waals surface area contributed by atoms with Gasteiger partial charge in [-0.2, -0.15) is 5.10 Å². The number of rotatable bonds is 4. The standard InChI is InChI=1S/C21H18N4O2S/c1-27-12-15-19(13-6-3-2-4-7-13)21-23-22-20-16(25(21)24-15)10-14(11-17(20)26)18-8-5-9-28-18/h2-9,14H,10-12H2,1H3/t14-/m1/s1. The van der Waals surface area contributed by atoms with Crippen molar-refractivity contribution >= 4 is 22.8 Å². The van der Waals surface area contributed by atoms with Crippen molar-refractivity contribution in [2.24, 2.45) is 0 Å². The summed E-state index contributed by atoms with van der Waals surface area (Å²) in [6.45, 7) is 0.366. The van der Waals surface area contributed by atoms with Crippen molar-refractivity contribution in [1.82, 2.24) is 19.8 Å². The lowest BCUT2D eigenvalue weighted by molar-refractivity contribution is 0.0956. The van der Waals surface area contributed by atoms with Crippen molar-refractivity contribution in [2.75, 3.05) is 7.11 Å². The molecule has 0 unspecified atom stereocenters. The summed E-state index contributed by atoms with van der Waals surface area (Å²) in [6.07, 6.45) is 1.18. The molecule has 1 aliphatic carbocycles. The van der Waals surface area contributed by atoms with Crippen molar-refractivity contribution in [3.8, 4) is 11.1 Å². The Morgan fingerprint density at radius 3 is 2.75 bits per heavy atom. The molecule has 0 radical (unpaired) electrons. The predicted molar refractivity (Wildman–Crippen MR) is 107 cm³/mol. The van der Waals surface area contributed by atoms with E-state index < -0.39 is 0 Å². The van der Waals surface area contributed by atoms with E-state index in [0.717, 1.165) is 28.9 Å². The second-order valence-electron chi connectivity index (χ2n) is 6.90. The molecule has 1 aliphatic rings. The number of ketones is 1. The number of aromatic nitrogens is 4. The molecule has 0 spiro atoms. The lowest BCUT2D eigenvalue weighted by Gasteiger charge is -2.21. The number of Topliss-reactive ketones (excluding diaryl/α,β-unsaturated/α-hetero) is 1. The SMILES string of the molecule is COCc1nn2c3c(nnc2c1-c1ccccc1)C(=O)C[C@H](c1cccs1)C3. The van der Waals surface area contributed by atoms with Crippen molar-refractivity contribution in [3.63, 3.8) is 0 Å². The molecule has 4 aromatic rings. The number of hydrogen-bond donors (Lipinski definition) is 0. The van der Waals surface area contributed by atoms with Gasteiger partial charge < -0.3 is 4.74 Å². The predicted octanol–water partition coefficient (Wildman–Crippen LogP) is 3.91. The van der Waals surface area contributed by atoms with Crippen LogP contribution in [-0.4, -0.2) is 32.7 Å². The molecule has 5 rings (SSSR count). The van der Waals surface area contributed by atoms with Crippen molar-refractivity contribution in [1.29, 1.82) is 0 Å². The second kappa shape index (κ2) is 6.92. The normalized spacial score (nSPS) is 16.5. The number of fused-ring (bicyclic) bond motifs is 3. The molecule has 0 amide bonds. The molecular weight excluding hydrogens is 372 g/mol. The number of carbonyl (C=O) groups is 1. The van der Waals surface area contributed by atoms with E-state index >= 15 is 0 Å². The van der Waals surface area contributed by atoms with Gasteiger partial charge in [0.05, 0.1) is 23.6 Å². The molecule has 140 valence electrons. The van der Waals surface area contributed by atoms with Gasteiger partial charge in [-0.15, -0.1) is 21.5 Å². The third-order valence-electron chi connectivity index (χ3n) is 5.13. The Labute approximate surface area is 165 Å². The molecule has 3 heterocycles. The number of hydrogen-bond acceptors (Lipinski definition) is 6. The van der Waals surface area contributed by atoms with E-state index in [1.54, 1.807) is 23.0 Å². The van der Waals surface area contributed by atoms with Crippen molar-refractivity contribution in [2.45, 2.75) is 25.4 Å². The Morgan fingerprint density at radius 1 is 1.14 bits per heavy atom. The third kappa shape index (κ3) is 2.75. The highest BCUT2D eigenvalue weighted by Gasteiger charge is 2.32. The minimum absolute atomic E-state index is 0.0269. The molecule has 0 aliphatic heterocycles. The number of benzene rings is 1. The fraction of sp³-hybridized carbons (Fsp3) is 0.238. The lowest BCUT2D eigenvalue weighted by Crippen LogP contribution is -2.23. The van der Waals surface area contributed by atoms with Crippen LogP contribution in [0, 0.1) is 0 Å². The van der Waals surface area contributed by atoms with Gasteiger partial charge in [0.15, 0.2) is 17.1 Å². The van der Waals surface area contributed by atoms with E-state index in [9.17, 15) is 4.79 Å². The van der Waals surface area contributed by atoms with Crippen molar-refractivity contribution in [3.05, 3.63) is 69.8 Å². The first-order valence-electron chi connectivity index (χ1n) is 9.14. The molecule has 0 N–H and O–H groups in total. The minimum atomic E-state index is 0.0269. The highest BCUT2D eigenvalue weighted by atomic mass is 32.1. The van der Waals surface area contributed by atoms with Gasteiger partial charge >= 0.3 is 0 Å². The molecular formula is C21H18N4O2S. The van der Waals surface area contributed by atoms with Crippen LogP contribution >= 0.6 is 11.3 Å². The van der Waals surface area contributed by atoms with Gasteiger partial charge in [0.1, 0.15) is 0 Å². The molecule has 0 saturated heterocycles. The number of nitrogens with zero attached hydrogens (tertiary/aromatic N) is 4. The lowest BCUT2D eigenvalue weighted by atomic mass is 9.87. The van der Waals surface area contributed by atoms with Crippen LogP contribution in [-0.2, 0) is 17.8 Å². The highest BCUT2D eigenvalue weighted by molar-refractivity contribution is 7.10. The van der Waals surface area contributed by atoms with Gasteiger partial charge in [-0.3, -0.25) is 4.79 Å². The summed E-state index contributed by atoms with van der Waals surface area (Å²) in [7, 11) is 1.65. The van der Waals surface area contributed by atoms with Gasteiger partial charge in [0.25, 0.3) is 0 Å². The zero-order valence-corrected chi connectivity index (χ0v) is 16.1. The van der Waals surface area contributed by atoms with Gasteiger partial charge in [-0.1, -0.05) is 36.4 Å². The quantitative estimate of drug-likeness (QED) is 0.528. The monoisotopic (exact) mass is 390 g/mol. The van der Waals surface area contributed by atoms with E-state index in [-0.39, 0.29) is 11.7 Å². The number of carbonyl (C=O) groups excluding carboxylic acids is 1. The summed E-state index contributed by atoms with van der Waals surface area (Å²) in [5.41, 5.74) is 4.64. The third-order valence-corrected chi connectivity index (χ3v) is 6.17. The summed E-state index contributed by atoms with van der Waals surface area (Å²) in [6, 6.07) is 14.1. The van der Waals surface area contributed by atoms with Gasteiger partial charge in [-0.05, 0) is 17.0 Å². The maximum atomic E-state index is 12.8. The molecule has 1 atom stereocenters. The van der Waals surface area contributed by atoms with E-state index in [0.29, 0.717) is 24.4 Å². The van der Waals surface area contributed by atoms with Crippen LogP contribution in [0.2, 0.25) is 0 Å². The zero-order chi connectivity index (χ0) is 19.1. The molecule has 7 heteroatoms. The second-order valence-corrected chi connectivity index (χ2v) is 7.87. The first kappa shape index (κ1) is 17.2. The van der Waals surface area contributed by atoms with Gasteiger partial charge in [0, 0.05) is 30.7 Å². The van der Waals surface area contributed by atoms with Crippen LogP contribution in [0.5, 0.6) is 0 Å². The van der Waals surface area contributed by atoms with Crippen LogP contribution in [0.15, 0.2) is 47.8 Å². The summed E-state index contributed by atoms with van der Waals surface area (Å²) in [4.78, 5) is 14.0. The average molecular weight is 390 g/mol. The highest BCUT2D eigenvalue weighted by Crippen LogP contribution is 2.36. The Bertz CT molecular complexity index is 1150. The minimum Gasteiger partial charge on any atom is -0.378 e. The first-order valence-corrected chi connectivity index (χ1v) is 10.0. The summed E-state index contributed by atoms with van der Waals surface area (Å²) >= 11 is 1.69. The Kier molecular flexibility index (Phi) is 4.26. The summed E-state index contributed by atoms with van der Waals surface area (Å²) in [5, 5.41) is 15.5. The molecule has 6 nitrogen and oxygen atoms in total. The van der Waals surface area contributed by atoms with Crippen LogP contribution in [0.25, 0.3) is 16.8 Å². The Hall–Kier alpha value is -2.90. The van der Waals surface area contributed by atoms with Crippen LogP contribution in [0.4, 0.5) is 0 Å². The Morgan fingerprint density at radius 2 is 2.00 bits per heavy atom. The average Bonchev–Trinajstić information content (AvgIpc) is 3.37. The Balaban J connectivity index is 1.71. The molecule has 1 aromatic carbocycles. The van der Waals surface area contributed by atoms with E-state index in [2.05, 4.69) is 16.3 Å². The topological polar surface area (TPSA) is 69.4 Å². The molecule has 0 saturated carbocycles.